The minimum atomic E-state index is -4.49. The van der Waals surface area contributed by atoms with Gasteiger partial charge in [-0.15, -0.1) is 0 Å². The molecule has 0 saturated heterocycles. The predicted octanol–water partition coefficient (Wildman–Crippen LogP) is 5.75. The van der Waals surface area contributed by atoms with Crippen LogP contribution in [0.25, 0.3) is 11.5 Å². The fourth-order valence-corrected chi connectivity index (χ4v) is 3.13. The molecule has 10 heteroatoms. The monoisotopic (exact) mass is 405 g/mol. The highest BCUT2D eigenvalue weighted by atomic mass is 35.5. The summed E-state index contributed by atoms with van der Waals surface area (Å²) in [6.45, 7) is 0. The number of aromatic nitrogens is 3. The molecule has 0 spiro atoms. The molecule has 0 amide bonds. The number of rotatable bonds is 4. The maximum Gasteiger partial charge on any atom is 0.417 e. The first-order chi connectivity index (χ1) is 11.8. The molecule has 1 aromatic carbocycles. The number of alkyl halides is 3. The normalized spacial score (nSPS) is 11.7. The van der Waals surface area contributed by atoms with Gasteiger partial charge >= 0.3 is 6.18 Å². The van der Waals surface area contributed by atoms with Gasteiger partial charge < -0.3 is 4.52 Å². The number of benzene rings is 1. The van der Waals surface area contributed by atoms with E-state index in [0.29, 0.717) is 16.4 Å². The Hall–Kier alpha value is -1.77. The molecule has 0 saturated carbocycles. The van der Waals surface area contributed by atoms with Gasteiger partial charge in [0.1, 0.15) is 5.03 Å². The summed E-state index contributed by atoms with van der Waals surface area (Å²) in [5, 5.41) is 4.45. The number of hydrogen-bond donors (Lipinski definition) is 0. The van der Waals surface area contributed by atoms with E-state index in [1.165, 1.54) is 0 Å². The Bertz CT molecular complexity index is 902. The SMILES string of the molecule is FC(F)(F)c1cnc(SCc2noc(-c3ccccc3Cl)n2)c(Cl)c1. The molecule has 0 aliphatic heterocycles. The van der Waals surface area contributed by atoms with E-state index in [0.717, 1.165) is 24.0 Å². The zero-order valence-electron chi connectivity index (χ0n) is 12.2. The molecule has 130 valence electrons. The Morgan fingerprint density at radius 2 is 1.88 bits per heavy atom. The zero-order valence-corrected chi connectivity index (χ0v) is 14.5. The summed E-state index contributed by atoms with van der Waals surface area (Å²) in [5.41, 5.74) is -0.305. The van der Waals surface area contributed by atoms with Crippen LogP contribution in [-0.4, -0.2) is 15.1 Å². The second kappa shape index (κ2) is 7.23. The smallest absolute Gasteiger partial charge is 0.334 e. The van der Waals surface area contributed by atoms with Gasteiger partial charge in [-0.05, 0) is 18.2 Å². The lowest BCUT2D eigenvalue weighted by Gasteiger charge is -2.08. The number of thioether (sulfide) groups is 1. The highest BCUT2D eigenvalue weighted by Crippen LogP contribution is 2.34. The molecule has 0 radical (unpaired) electrons. The van der Waals surface area contributed by atoms with E-state index in [1.54, 1.807) is 24.3 Å². The Morgan fingerprint density at radius 1 is 1.12 bits per heavy atom. The third-order valence-electron chi connectivity index (χ3n) is 3.05. The second-order valence-corrected chi connectivity index (χ2v) is 6.57. The van der Waals surface area contributed by atoms with Crippen molar-refractivity contribution in [2.24, 2.45) is 0 Å². The molecular formula is C15H8Cl2F3N3OS. The molecule has 0 unspecified atom stereocenters. The van der Waals surface area contributed by atoms with Gasteiger partial charge in [0, 0.05) is 6.20 Å². The number of pyridine rings is 1. The highest BCUT2D eigenvalue weighted by molar-refractivity contribution is 7.98. The predicted molar refractivity (Wildman–Crippen MR) is 88.6 cm³/mol. The second-order valence-electron chi connectivity index (χ2n) is 4.79. The molecule has 3 aromatic rings. The minimum absolute atomic E-state index is 0.0883. The molecule has 0 bridgehead atoms. The molecule has 0 N–H and O–H groups in total. The third-order valence-corrected chi connectivity index (χ3v) is 4.78. The Kier molecular flexibility index (Phi) is 5.21. The van der Waals surface area contributed by atoms with Crippen LogP contribution in [0.2, 0.25) is 10.0 Å². The van der Waals surface area contributed by atoms with Crippen molar-refractivity contribution in [3.8, 4) is 11.5 Å². The molecule has 0 aliphatic rings. The summed E-state index contributed by atoms with van der Waals surface area (Å²) in [6.07, 6.45) is -3.75. The summed E-state index contributed by atoms with van der Waals surface area (Å²) in [5.74, 6) is 0.830. The third kappa shape index (κ3) is 4.26. The van der Waals surface area contributed by atoms with Crippen LogP contribution in [0, 0.1) is 0 Å². The fourth-order valence-electron chi connectivity index (χ4n) is 1.88. The van der Waals surface area contributed by atoms with Crippen LogP contribution in [0.15, 0.2) is 46.1 Å². The van der Waals surface area contributed by atoms with Crippen molar-refractivity contribution in [1.29, 1.82) is 0 Å². The average molecular weight is 406 g/mol. The summed E-state index contributed by atoms with van der Waals surface area (Å²) in [7, 11) is 0. The lowest BCUT2D eigenvalue weighted by molar-refractivity contribution is -0.137. The van der Waals surface area contributed by atoms with E-state index in [1.807, 2.05) is 0 Å². The molecule has 0 fully saturated rings. The summed E-state index contributed by atoms with van der Waals surface area (Å²) in [6, 6.07) is 7.83. The van der Waals surface area contributed by atoms with Gasteiger partial charge in [-0.2, -0.15) is 18.2 Å². The standard InChI is InChI=1S/C15H8Cl2F3N3OS/c16-10-4-2-1-3-9(10)13-22-12(23-24-13)7-25-14-11(17)5-8(6-21-14)15(18,19)20/h1-6H,7H2. The average Bonchev–Trinajstić information content (AvgIpc) is 3.02. The molecule has 0 aliphatic carbocycles. The van der Waals surface area contributed by atoms with E-state index >= 15 is 0 Å². The van der Waals surface area contributed by atoms with Gasteiger partial charge in [0.25, 0.3) is 5.89 Å². The molecule has 3 rings (SSSR count). The van der Waals surface area contributed by atoms with E-state index < -0.39 is 11.7 Å². The van der Waals surface area contributed by atoms with E-state index in [2.05, 4.69) is 15.1 Å². The summed E-state index contributed by atoms with van der Waals surface area (Å²) in [4.78, 5) is 7.95. The summed E-state index contributed by atoms with van der Waals surface area (Å²) >= 11 is 13.0. The largest absolute Gasteiger partial charge is 0.417 e. The maximum atomic E-state index is 12.6. The number of hydrogen-bond acceptors (Lipinski definition) is 5. The molecular weight excluding hydrogens is 398 g/mol. The zero-order chi connectivity index (χ0) is 18.0. The van der Waals surface area contributed by atoms with Gasteiger partial charge in [0.2, 0.25) is 0 Å². The maximum absolute atomic E-state index is 12.6. The van der Waals surface area contributed by atoms with Crippen LogP contribution in [0.1, 0.15) is 11.4 Å². The molecule has 2 heterocycles. The van der Waals surface area contributed by atoms with Gasteiger partial charge in [0.15, 0.2) is 5.82 Å². The van der Waals surface area contributed by atoms with Gasteiger partial charge in [-0.3, -0.25) is 0 Å². The van der Waals surface area contributed by atoms with Gasteiger partial charge in [-0.1, -0.05) is 52.3 Å². The van der Waals surface area contributed by atoms with Crippen molar-refractivity contribution in [3.63, 3.8) is 0 Å². The van der Waals surface area contributed by atoms with Crippen molar-refractivity contribution in [1.82, 2.24) is 15.1 Å². The first-order valence-electron chi connectivity index (χ1n) is 6.77. The Labute approximate surface area is 154 Å². The van der Waals surface area contributed by atoms with Crippen molar-refractivity contribution in [2.45, 2.75) is 17.0 Å². The first kappa shape index (κ1) is 18.0. The number of nitrogens with zero attached hydrogens (tertiary/aromatic N) is 3. The van der Waals surface area contributed by atoms with Gasteiger partial charge in [-0.25, -0.2) is 4.98 Å². The van der Waals surface area contributed by atoms with E-state index in [-0.39, 0.29) is 21.7 Å². The lowest BCUT2D eigenvalue weighted by atomic mass is 10.2. The fraction of sp³-hybridized carbons (Fsp3) is 0.133. The highest BCUT2D eigenvalue weighted by Gasteiger charge is 2.31. The van der Waals surface area contributed by atoms with E-state index in [9.17, 15) is 13.2 Å². The Balaban J connectivity index is 1.72. The molecule has 25 heavy (non-hydrogen) atoms. The molecule has 0 atom stereocenters. The van der Waals surface area contributed by atoms with Crippen molar-refractivity contribution >= 4 is 35.0 Å². The lowest BCUT2D eigenvalue weighted by Crippen LogP contribution is -2.05. The van der Waals surface area contributed by atoms with Crippen LogP contribution >= 0.6 is 35.0 Å². The van der Waals surface area contributed by atoms with Crippen LogP contribution < -0.4 is 0 Å². The minimum Gasteiger partial charge on any atom is -0.334 e. The van der Waals surface area contributed by atoms with Crippen LogP contribution in [0.4, 0.5) is 13.2 Å². The molecule has 2 aromatic heterocycles. The van der Waals surface area contributed by atoms with Crippen LogP contribution in [0.3, 0.4) is 0 Å². The van der Waals surface area contributed by atoms with Crippen molar-refractivity contribution in [3.05, 3.63) is 58.0 Å². The summed E-state index contributed by atoms with van der Waals surface area (Å²) < 4.78 is 42.9. The van der Waals surface area contributed by atoms with Crippen LogP contribution in [0.5, 0.6) is 0 Å². The van der Waals surface area contributed by atoms with Gasteiger partial charge in [0.05, 0.1) is 26.9 Å². The number of halogens is 5. The molecule has 4 nitrogen and oxygen atoms in total. The Morgan fingerprint density at radius 3 is 2.56 bits per heavy atom. The van der Waals surface area contributed by atoms with Crippen molar-refractivity contribution in [2.75, 3.05) is 0 Å². The van der Waals surface area contributed by atoms with Crippen LogP contribution in [-0.2, 0) is 11.9 Å². The van der Waals surface area contributed by atoms with E-state index in [4.69, 9.17) is 27.7 Å². The van der Waals surface area contributed by atoms with Crippen molar-refractivity contribution < 1.29 is 17.7 Å². The first-order valence-corrected chi connectivity index (χ1v) is 8.52. The quantitative estimate of drug-likeness (QED) is 0.517. The topological polar surface area (TPSA) is 51.8 Å².